The van der Waals surface area contributed by atoms with E-state index in [4.69, 9.17) is 5.73 Å². The number of nitrogens with zero attached hydrogens (tertiary/aromatic N) is 4. The van der Waals surface area contributed by atoms with E-state index in [0.29, 0.717) is 17.6 Å². The smallest absolute Gasteiger partial charge is 0.306 e. The minimum Gasteiger partial charge on any atom is -0.384 e. The number of hydrogen-bond donors (Lipinski definition) is 2. The molecule has 3 N–H and O–H groups in total. The molecule has 4 rings (SSSR count). The number of amides is 1. The van der Waals surface area contributed by atoms with Gasteiger partial charge >= 0.3 is 5.69 Å². The number of hydrogen-bond acceptors (Lipinski definition) is 6. The standard InChI is InChI=1S/C20H17FN6O3/c1-2-9-23-20(28)16-17-19(25-14-6-4-3-5-13(14)24-17)26(18(16)22)11-7-8-12(21)15(10-11)27(29)30/h3-8,10H,2,9,22H2,1H3,(H,23,28). The van der Waals surface area contributed by atoms with Crippen LogP contribution >= 0.6 is 0 Å². The van der Waals surface area contributed by atoms with E-state index in [1.54, 1.807) is 24.3 Å². The molecule has 0 bridgehead atoms. The Labute approximate surface area is 169 Å². The normalized spacial score (nSPS) is 11.1. The average molecular weight is 408 g/mol. The first-order valence-electron chi connectivity index (χ1n) is 9.21. The molecule has 2 heterocycles. The van der Waals surface area contributed by atoms with E-state index in [1.807, 2.05) is 6.92 Å². The molecule has 0 fully saturated rings. The molecule has 30 heavy (non-hydrogen) atoms. The van der Waals surface area contributed by atoms with Crippen LogP contribution in [0.3, 0.4) is 0 Å². The van der Waals surface area contributed by atoms with Crippen LogP contribution in [0.4, 0.5) is 15.9 Å². The zero-order valence-electron chi connectivity index (χ0n) is 15.9. The number of anilines is 1. The number of nitro groups is 1. The molecule has 0 saturated heterocycles. The lowest BCUT2D eigenvalue weighted by Crippen LogP contribution is -2.25. The number of halogens is 1. The summed E-state index contributed by atoms with van der Waals surface area (Å²) in [4.78, 5) is 32.3. The molecule has 0 unspecified atom stereocenters. The van der Waals surface area contributed by atoms with Crippen molar-refractivity contribution in [1.82, 2.24) is 19.9 Å². The van der Waals surface area contributed by atoms with Gasteiger partial charge in [0.1, 0.15) is 16.9 Å². The minimum absolute atomic E-state index is 0.00909. The van der Waals surface area contributed by atoms with Crippen molar-refractivity contribution in [3.05, 3.63) is 64.0 Å². The van der Waals surface area contributed by atoms with Crippen LogP contribution in [0, 0.1) is 15.9 Å². The molecule has 1 amide bonds. The topological polar surface area (TPSA) is 129 Å². The van der Waals surface area contributed by atoms with Gasteiger partial charge in [-0.15, -0.1) is 0 Å². The van der Waals surface area contributed by atoms with E-state index in [0.717, 1.165) is 18.6 Å². The van der Waals surface area contributed by atoms with Crippen molar-refractivity contribution in [2.45, 2.75) is 13.3 Å². The van der Waals surface area contributed by atoms with E-state index in [1.165, 1.54) is 10.6 Å². The van der Waals surface area contributed by atoms with Crippen molar-refractivity contribution in [3.63, 3.8) is 0 Å². The quantitative estimate of drug-likeness (QED) is 0.385. The summed E-state index contributed by atoms with van der Waals surface area (Å²) < 4.78 is 15.2. The zero-order valence-corrected chi connectivity index (χ0v) is 15.9. The van der Waals surface area contributed by atoms with Crippen molar-refractivity contribution in [2.24, 2.45) is 0 Å². The Balaban J connectivity index is 2.05. The number of nitrogens with one attached hydrogen (secondary N) is 1. The van der Waals surface area contributed by atoms with Gasteiger partial charge in [-0.05, 0) is 30.7 Å². The number of nitrogen functional groups attached to an aromatic ring is 1. The van der Waals surface area contributed by atoms with Gasteiger partial charge in [0.15, 0.2) is 5.65 Å². The predicted octanol–water partition coefficient (Wildman–Crippen LogP) is 3.34. The summed E-state index contributed by atoms with van der Waals surface area (Å²) in [5, 5.41) is 14.0. The molecule has 0 saturated carbocycles. The van der Waals surface area contributed by atoms with Crippen molar-refractivity contribution in [2.75, 3.05) is 12.3 Å². The van der Waals surface area contributed by atoms with E-state index in [9.17, 15) is 19.3 Å². The molecule has 0 spiro atoms. The van der Waals surface area contributed by atoms with Crippen molar-refractivity contribution in [1.29, 1.82) is 0 Å². The first-order chi connectivity index (χ1) is 14.4. The van der Waals surface area contributed by atoms with Gasteiger partial charge in [0, 0.05) is 12.6 Å². The SMILES string of the molecule is CCCNC(=O)c1c(N)n(-c2ccc(F)c([N+](=O)[O-])c2)c2nc3ccccc3nc12. The number of aromatic nitrogens is 3. The van der Waals surface area contributed by atoms with Gasteiger partial charge in [-0.25, -0.2) is 9.97 Å². The highest BCUT2D eigenvalue weighted by Gasteiger charge is 2.26. The fourth-order valence-corrected chi connectivity index (χ4v) is 3.25. The fourth-order valence-electron chi connectivity index (χ4n) is 3.25. The molecule has 4 aromatic rings. The maximum absolute atomic E-state index is 13.9. The van der Waals surface area contributed by atoms with Crippen molar-refractivity contribution < 1.29 is 14.1 Å². The molecule has 9 nitrogen and oxygen atoms in total. The summed E-state index contributed by atoms with van der Waals surface area (Å²) in [6.07, 6.45) is 0.725. The van der Waals surface area contributed by atoms with Crippen LogP contribution in [0.25, 0.3) is 27.9 Å². The molecular weight excluding hydrogens is 391 g/mol. The summed E-state index contributed by atoms with van der Waals surface area (Å²) in [5.41, 5.74) is 7.53. The fraction of sp³-hybridized carbons (Fsp3) is 0.150. The summed E-state index contributed by atoms with van der Waals surface area (Å²) in [7, 11) is 0. The number of para-hydroxylation sites is 2. The first-order valence-corrected chi connectivity index (χ1v) is 9.21. The number of carbonyl (C=O) groups is 1. The molecule has 0 aliphatic heterocycles. The summed E-state index contributed by atoms with van der Waals surface area (Å²) >= 11 is 0. The average Bonchev–Trinajstić information content (AvgIpc) is 3.01. The number of rotatable bonds is 5. The molecule has 10 heteroatoms. The minimum atomic E-state index is -0.976. The van der Waals surface area contributed by atoms with Gasteiger partial charge in [-0.3, -0.25) is 19.5 Å². The van der Waals surface area contributed by atoms with Crippen LogP contribution in [0.2, 0.25) is 0 Å². The summed E-state index contributed by atoms with van der Waals surface area (Å²) in [6, 6.07) is 10.5. The van der Waals surface area contributed by atoms with Crippen LogP contribution in [-0.2, 0) is 0 Å². The number of nitro benzene ring substituents is 1. The van der Waals surface area contributed by atoms with Crippen molar-refractivity contribution in [3.8, 4) is 5.69 Å². The molecule has 2 aromatic carbocycles. The third-order valence-corrected chi connectivity index (χ3v) is 4.65. The maximum Gasteiger partial charge on any atom is 0.306 e. The largest absolute Gasteiger partial charge is 0.384 e. The van der Waals surface area contributed by atoms with E-state index in [2.05, 4.69) is 15.3 Å². The van der Waals surface area contributed by atoms with Gasteiger partial charge in [0.2, 0.25) is 5.82 Å². The second-order valence-corrected chi connectivity index (χ2v) is 6.63. The lowest BCUT2D eigenvalue weighted by atomic mass is 10.2. The Morgan fingerprint density at radius 2 is 1.93 bits per heavy atom. The highest BCUT2D eigenvalue weighted by molar-refractivity contribution is 6.11. The predicted molar refractivity (Wildman–Crippen MR) is 110 cm³/mol. The Hall–Kier alpha value is -4.08. The third kappa shape index (κ3) is 3.08. The van der Waals surface area contributed by atoms with E-state index < -0.39 is 22.3 Å². The van der Waals surface area contributed by atoms with Crippen LogP contribution in [0.5, 0.6) is 0 Å². The molecule has 0 aliphatic rings. The van der Waals surface area contributed by atoms with Gasteiger partial charge in [-0.2, -0.15) is 4.39 Å². The number of carbonyl (C=O) groups excluding carboxylic acids is 1. The Morgan fingerprint density at radius 3 is 2.60 bits per heavy atom. The highest BCUT2D eigenvalue weighted by atomic mass is 19.1. The van der Waals surface area contributed by atoms with E-state index in [-0.39, 0.29) is 28.2 Å². The van der Waals surface area contributed by atoms with Gasteiger partial charge in [0.05, 0.1) is 21.6 Å². The highest BCUT2D eigenvalue weighted by Crippen LogP contribution is 2.32. The second kappa shape index (κ2) is 7.39. The van der Waals surface area contributed by atoms with Crippen molar-refractivity contribution >= 4 is 39.6 Å². The molecule has 0 aliphatic carbocycles. The molecular formula is C20H17FN6O3. The molecule has 0 atom stereocenters. The second-order valence-electron chi connectivity index (χ2n) is 6.63. The number of fused-ring (bicyclic) bond motifs is 2. The number of benzene rings is 2. The Kier molecular flexibility index (Phi) is 4.74. The lowest BCUT2D eigenvalue weighted by molar-refractivity contribution is -0.387. The molecule has 0 radical (unpaired) electrons. The van der Waals surface area contributed by atoms with Crippen LogP contribution in [0.1, 0.15) is 23.7 Å². The molecule has 2 aromatic heterocycles. The summed E-state index contributed by atoms with van der Waals surface area (Å²) in [6.45, 7) is 2.35. The van der Waals surface area contributed by atoms with Crippen LogP contribution in [0.15, 0.2) is 42.5 Å². The Morgan fingerprint density at radius 1 is 1.23 bits per heavy atom. The monoisotopic (exact) mass is 408 g/mol. The van der Waals surface area contributed by atoms with Crippen LogP contribution < -0.4 is 11.1 Å². The summed E-state index contributed by atoms with van der Waals surface area (Å²) in [5.74, 6) is -1.40. The van der Waals surface area contributed by atoms with Gasteiger partial charge in [-0.1, -0.05) is 19.1 Å². The maximum atomic E-state index is 13.9. The third-order valence-electron chi connectivity index (χ3n) is 4.65. The Bertz CT molecular complexity index is 1320. The van der Waals surface area contributed by atoms with Gasteiger partial charge in [0.25, 0.3) is 5.91 Å². The zero-order chi connectivity index (χ0) is 21.4. The van der Waals surface area contributed by atoms with E-state index >= 15 is 0 Å². The molecule has 152 valence electrons. The lowest BCUT2D eigenvalue weighted by Gasteiger charge is -2.08. The number of nitrogens with two attached hydrogens (primary N) is 1. The van der Waals surface area contributed by atoms with Crippen LogP contribution in [-0.4, -0.2) is 31.9 Å². The van der Waals surface area contributed by atoms with Gasteiger partial charge < -0.3 is 11.1 Å². The first kappa shape index (κ1) is 19.2.